The molecule has 26 heavy (non-hydrogen) atoms. The van der Waals surface area contributed by atoms with Gasteiger partial charge in [-0.3, -0.25) is 14.5 Å². The summed E-state index contributed by atoms with van der Waals surface area (Å²) in [6.07, 6.45) is 4.60. The molecule has 0 amide bonds. The minimum absolute atomic E-state index is 0.132. The zero-order valence-corrected chi connectivity index (χ0v) is 15.4. The molecule has 1 atom stereocenters. The Morgan fingerprint density at radius 2 is 2.15 bits per heavy atom. The first-order valence-electron chi connectivity index (χ1n) is 8.96. The molecular weight excluding hydrogens is 335 g/mol. The van der Waals surface area contributed by atoms with Crippen LogP contribution in [0.25, 0.3) is 0 Å². The molecule has 1 aromatic carbocycles. The first-order valence-corrected chi connectivity index (χ1v) is 8.96. The van der Waals surface area contributed by atoms with E-state index in [0.717, 1.165) is 26.2 Å². The summed E-state index contributed by atoms with van der Waals surface area (Å²) >= 11 is 0. The lowest BCUT2D eigenvalue weighted by molar-refractivity contribution is 0.0493. The molecule has 1 fully saturated rings. The molecule has 0 unspecified atom stereocenters. The van der Waals surface area contributed by atoms with Crippen molar-refractivity contribution in [3.8, 4) is 5.75 Å². The highest BCUT2D eigenvalue weighted by Gasteiger charge is 2.27. The van der Waals surface area contributed by atoms with Crippen LogP contribution in [0.1, 0.15) is 17.5 Å². The standard InChI is InChI=1S/C19H27FN4O2/c1-22-11-15(10-21-22)12-23-6-7-24(17(14-23)5-8-25)13-16-3-4-18(26-2)9-19(16)20/h3-4,9-11,17,25H,5-8,12-14H2,1-2H3/t17-/m1/s1. The molecule has 0 spiro atoms. The minimum Gasteiger partial charge on any atom is -0.497 e. The van der Waals surface area contributed by atoms with E-state index in [9.17, 15) is 9.50 Å². The molecular formula is C19H27FN4O2. The first-order chi connectivity index (χ1) is 12.6. The third-order valence-electron chi connectivity index (χ3n) is 4.95. The van der Waals surface area contributed by atoms with Gasteiger partial charge in [0.2, 0.25) is 0 Å². The van der Waals surface area contributed by atoms with Crippen molar-refractivity contribution in [2.45, 2.75) is 25.6 Å². The topological polar surface area (TPSA) is 53.8 Å². The summed E-state index contributed by atoms with van der Waals surface area (Å²) < 4.78 is 21.2. The van der Waals surface area contributed by atoms with E-state index in [0.29, 0.717) is 24.3 Å². The Bertz CT molecular complexity index is 721. The third-order valence-corrected chi connectivity index (χ3v) is 4.95. The molecule has 1 aliphatic rings. The molecule has 1 aromatic heterocycles. The Hall–Kier alpha value is -1.96. The molecule has 3 rings (SSSR count). The summed E-state index contributed by atoms with van der Waals surface area (Å²) in [5, 5.41) is 13.7. The van der Waals surface area contributed by atoms with Gasteiger partial charge >= 0.3 is 0 Å². The van der Waals surface area contributed by atoms with Gasteiger partial charge in [-0.05, 0) is 12.5 Å². The molecule has 2 heterocycles. The molecule has 0 bridgehead atoms. The van der Waals surface area contributed by atoms with Gasteiger partial charge in [-0.15, -0.1) is 0 Å². The van der Waals surface area contributed by atoms with Crippen molar-refractivity contribution in [2.75, 3.05) is 33.4 Å². The van der Waals surface area contributed by atoms with E-state index in [-0.39, 0.29) is 18.5 Å². The number of hydrogen-bond donors (Lipinski definition) is 1. The van der Waals surface area contributed by atoms with Crippen LogP contribution >= 0.6 is 0 Å². The number of ether oxygens (including phenoxy) is 1. The van der Waals surface area contributed by atoms with Gasteiger partial charge in [0.05, 0.1) is 13.3 Å². The van der Waals surface area contributed by atoms with Crippen LogP contribution in [0.3, 0.4) is 0 Å². The van der Waals surface area contributed by atoms with E-state index in [4.69, 9.17) is 4.74 Å². The van der Waals surface area contributed by atoms with Gasteiger partial charge in [0.15, 0.2) is 0 Å². The van der Waals surface area contributed by atoms with Crippen LogP contribution in [0, 0.1) is 5.82 Å². The average Bonchev–Trinajstić information content (AvgIpc) is 3.03. The Kier molecular flexibility index (Phi) is 6.24. The third kappa shape index (κ3) is 4.60. The molecule has 7 heteroatoms. The average molecular weight is 362 g/mol. The van der Waals surface area contributed by atoms with Crippen LogP contribution in [0.5, 0.6) is 5.75 Å². The number of piperazine rings is 1. The second kappa shape index (κ2) is 8.62. The van der Waals surface area contributed by atoms with E-state index in [1.54, 1.807) is 12.1 Å². The molecule has 1 N–H and O–H groups in total. The van der Waals surface area contributed by atoms with E-state index >= 15 is 0 Å². The largest absolute Gasteiger partial charge is 0.497 e. The van der Waals surface area contributed by atoms with Gasteiger partial charge in [-0.2, -0.15) is 5.10 Å². The Morgan fingerprint density at radius 3 is 2.81 bits per heavy atom. The summed E-state index contributed by atoms with van der Waals surface area (Å²) in [5.41, 5.74) is 1.85. The van der Waals surface area contributed by atoms with Gasteiger partial charge in [-0.1, -0.05) is 6.07 Å². The van der Waals surface area contributed by atoms with Crippen LogP contribution in [0.15, 0.2) is 30.6 Å². The summed E-state index contributed by atoms with van der Waals surface area (Å²) in [7, 11) is 3.45. The van der Waals surface area contributed by atoms with Crippen molar-refractivity contribution in [3.05, 3.63) is 47.5 Å². The van der Waals surface area contributed by atoms with Crippen molar-refractivity contribution in [3.63, 3.8) is 0 Å². The zero-order chi connectivity index (χ0) is 18.5. The smallest absolute Gasteiger partial charge is 0.131 e. The fourth-order valence-electron chi connectivity index (χ4n) is 3.55. The second-order valence-electron chi connectivity index (χ2n) is 6.85. The highest BCUT2D eigenvalue weighted by atomic mass is 19.1. The van der Waals surface area contributed by atoms with E-state index in [2.05, 4.69) is 14.9 Å². The van der Waals surface area contributed by atoms with Crippen LogP contribution in [-0.4, -0.2) is 64.1 Å². The Morgan fingerprint density at radius 1 is 1.31 bits per heavy atom. The summed E-state index contributed by atoms with van der Waals surface area (Å²) in [5.74, 6) is 0.282. The predicted octanol–water partition coefficient (Wildman–Crippen LogP) is 1.64. The number of nitrogens with zero attached hydrogens (tertiary/aromatic N) is 4. The lowest BCUT2D eigenvalue weighted by atomic mass is 10.1. The van der Waals surface area contributed by atoms with Gasteiger partial charge < -0.3 is 9.84 Å². The number of aliphatic hydroxyl groups excluding tert-OH is 1. The van der Waals surface area contributed by atoms with Gasteiger partial charge in [-0.25, -0.2) is 4.39 Å². The molecule has 2 aromatic rings. The highest BCUT2D eigenvalue weighted by molar-refractivity contribution is 5.29. The maximum Gasteiger partial charge on any atom is 0.131 e. The Labute approximate surface area is 153 Å². The molecule has 1 aliphatic heterocycles. The maximum absolute atomic E-state index is 14.3. The van der Waals surface area contributed by atoms with Gasteiger partial charge in [0.25, 0.3) is 0 Å². The number of methoxy groups -OCH3 is 1. The lowest BCUT2D eigenvalue weighted by Crippen LogP contribution is -2.52. The van der Waals surface area contributed by atoms with Crippen molar-refractivity contribution >= 4 is 0 Å². The number of rotatable bonds is 7. The molecule has 0 saturated carbocycles. The predicted molar refractivity (Wildman–Crippen MR) is 97.3 cm³/mol. The summed E-state index contributed by atoms with van der Waals surface area (Å²) in [6.45, 7) is 4.13. The monoisotopic (exact) mass is 362 g/mol. The van der Waals surface area contributed by atoms with Crippen molar-refractivity contribution in [1.29, 1.82) is 0 Å². The number of halogens is 1. The highest BCUT2D eigenvalue weighted by Crippen LogP contribution is 2.22. The molecule has 142 valence electrons. The molecule has 6 nitrogen and oxygen atoms in total. The van der Waals surface area contributed by atoms with Crippen LogP contribution < -0.4 is 4.74 Å². The van der Waals surface area contributed by atoms with Crippen LogP contribution in [0.2, 0.25) is 0 Å². The lowest BCUT2D eigenvalue weighted by Gasteiger charge is -2.41. The second-order valence-corrected chi connectivity index (χ2v) is 6.85. The number of aryl methyl sites for hydroxylation is 1. The normalized spacial score (nSPS) is 19.0. The minimum atomic E-state index is -0.245. The van der Waals surface area contributed by atoms with E-state index in [1.165, 1.54) is 18.7 Å². The van der Waals surface area contributed by atoms with Crippen molar-refractivity contribution in [2.24, 2.45) is 7.05 Å². The number of aliphatic hydroxyl groups is 1. The maximum atomic E-state index is 14.3. The van der Waals surface area contributed by atoms with Gasteiger partial charge in [0, 0.05) is 75.8 Å². The first kappa shape index (κ1) is 18.8. The van der Waals surface area contributed by atoms with Crippen molar-refractivity contribution < 1.29 is 14.2 Å². The fraction of sp³-hybridized carbons (Fsp3) is 0.526. The van der Waals surface area contributed by atoms with E-state index in [1.807, 2.05) is 24.1 Å². The van der Waals surface area contributed by atoms with Crippen molar-refractivity contribution in [1.82, 2.24) is 19.6 Å². The van der Waals surface area contributed by atoms with Crippen LogP contribution in [-0.2, 0) is 20.1 Å². The molecule has 0 aliphatic carbocycles. The number of hydrogen-bond acceptors (Lipinski definition) is 5. The summed E-state index contributed by atoms with van der Waals surface area (Å²) in [4.78, 5) is 4.64. The van der Waals surface area contributed by atoms with Gasteiger partial charge in [0.1, 0.15) is 11.6 Å². The zero-order valence-electron chi connectivity index (χ0n) is 15.4. The summed E-state index contributed by atoms with van der Waals surface area (Å²) in [6, 6.07) is 5.20. The number of aromatic nitrogens is 2. The quantitative estimate of drug-likeness (QED) is 0.812. The van der Waals surface area contributed by atoms with Crippen LogP contribution in [0.4, 0.5) is 4.39 Å². The number of benzene rings is 1. The molecule has 1 saturated heterocycles. The Balaban J connectivity index is 1.64. The fourth-order valence-corrected chi connectivity index (χ4v) is 3.55. The van der Waals surface area contributed by atoms with E-state index < -0.39 is 0 Å². The SMILES string of the molecule is COc1ccc(CN2CCN(Cc3cnn(C)c3)C[C@H]2CCO)c(F)c1. The molecule has 0 radical (unpaired) electrons.